The Morgan fingerprint density at radius 3 is 2.39 bits per heavy atom. The van der Waals surface area contributed by atoms with Gasteiger partial charge in [0.25, 0.3) is 0 Å². The Morgan fingerprint density at radius 2 is 1.72 bits per heavy atom. The van der Waals surface area contributed by atoms with Crippen LogP contribution in [0.3, 0.4) is 0 Å². The molecule has 0 aliphatic rings. The maximum atomic E-state index is 12.7. The van der Waals surface area contributed by atoms with Crippen LogP contribution in [0, 0.1) is 5.82 Å². The van der Waals surface area contributed by atoms with Crippen LogP contribution in [-0.2, 0) is 0 Å². The third kappa shape index (κ3) is 3.05. The first-order chi connectivity index (χ1) is 8.66. The molecule has 2 rings (SSSR count). The van der Waals surface area contributed by atoms with Crippen molar-refractivity contribution in [2.75, 3.05) is 0 Å². The van der Waals surface area contributed by atoms with Crippen LogP contribution in [0.4, 0.5) is 4.39 Å². The van der Waals surface area contributed by atoms with Gasteiger partial charge in [-0.15, -0.1) is 0 Å². The maximum absolute atomic E-state index is 12.7. The third-order valence-electron chi connectivity index (χ3n) is 2.44. The molecular formula is C15H10ClFO. The standard InChI is InChI=1S/C15H10ClFO/c16-14-4-2-1-3-13(14)15(18)10-7-11-5-8-12(17)9-6-11/h1-10H. The van der Waals surface area contributed by atoms with Crippen molar-refractivity contribution in [1.29, 1.82) is 0 Å². The van der Waals surface area contributed by atoms with Crippen LogP contribution in [0.1, 0.15) is 15.9 Å². The van der Waals surface area contributed by atoms with Crippen molar-refractivity contribution in [2.45, 2.75) is 0 Å². The van der Waals surface area contributed by atoms with Gasteiger partial charge in [-0.1, -0.05) is 41.9 Å². The van der Waals surface area contributed by atoms with E-state index >= 15 is 0 Å². The number of hydrogen-bond donors (Lipinski definition) is 0. The van der Waals surface area contributed by atoms with Gasteiger partial charge >= 0.3 is 0 Å². The Morgan fingerprint density at radius 1 is 1.06 bits per heavy atom. The first kappa shape index (κ1) is 12.5. The Bertz CT molecular complexity index is 588. The summed E-state index contributed by atoms with van der Waals surface area (Å²) in [5.74, 6) is -0.477. The van der Waals surface area contributed by atoms with Gasteiger partial charge in [0.05, 0.1) is 5.02 Å². The number of carbonyl (C=O) groups is 1. The van der Waals surface area contributed by atoms with Crippen molar-refractivity contribution in [3.05, 3.63) is 76.6 Å². The van der Waals surface area contributed by atoms with E-state index in [2.05, 4.69) is 0 Å². The molecule has 1 nitrogen and oxygen atoms in total. The van der Waals surface area contributed by atoms with Crippen molar-refractivity contribution in [3.63, 3.8) is 0 Å². The zero-order valence-corrected chi connectivity index (χ0v) is 10.2. The van der Waals surface area contributed by atoms with Crippen LogP contribution >= 0.6 is 11.6 Å². The number of rotatable bonds is 3. The highest BCUT2D eigenvalue weighted by Crippen LogP contribution is 2.16. The third-order valence-corrected chi connectivity index (χ3v) is 2.77. The molecule has 0 saturated heterocycles. The minimum Gasteiger partial charge on any atom is -0.289 e. The van der Waals surface area contributed by atoms with Crippen LogP contribution in [0.25, 0.3) is 6.08 Å². The second-order valence-corrected chi connectivity index (χ2v) is 4.14. The molecule has 0 aromatic heterocycles. The fourth-order valence-corrected chi connectivity index (χ4v) is 1.73. The van der Waals surface area contributed by atoms with E-state index < -0.39 is 0 Å². The number of halogens is 2. The minimum atomic E-state index is -0.301. The summed E-state index contributed by atoms with van der Waals surface area (Å²) in [6.45, 7) is 0. The Balaban J connectivity index is 2.17. The van der Waals surface area contributed by atoms with Crippen LogP contribution in [0.2, 0.25) is 5.02 Å². The smallest absolute Gasteiger partial charge is 0.187 e. The van der Waals surface area contributed by atoms with E-state index in [1.54, 1.807) is 42.5 Å². The van der Waals surface area contributed by atoms with Gasteiger partial charge in [-0.05, 0) is 35.9 Å². The largest absolute Gasteiger partial charge is 0.289 e. The summed E-state index contributed by atoms with van der Waals surface area (Å²) in [5.41, 5.74) is 1.22. The van der Waals surface area contributed by atoms with E-state index in [9.17, 15) is 9.18 Å². The fourth-order valence-electron chi connectivity index (χ4n) is 1.50. The van der Waals surface area contributed by atoms with Crippen molar-refractivity contribution in [3.8, 4) is 0 Å². The normalized spacial score (nSPS) is 10.8. The van der Waals surface area contributed by atoms with E-state index in [0.29, 0.717) is 10.6 Å². The van der Waals surface area contributed by atoms with E-state index in [1.165, 1.54) is 18.2 Å². The highest BCUT2D eigenvalue weighted by atomic mass is 35.5. The van der Waals surface area contributed by atoms with E-state index in [-0.39, 0.29) is 11.6 Å². The lowest BCUT2D eigenvalue weighted by atomic mass is 10.1. The molecule has 0 saturated carbocycles. The summed E-state index contributed by atoms with van der Waals surface area (Å²) < 4.78 is 12.7. The number of ketones is 1. The number of benzene rings is 2. The Hall–Kier alpha value is -1.93. The van der Waals surface area contributed by atoms with Crippen molar-refractivity contribution in [2.24, 2.45) is 0 Å². The number of allylic oxidation sites excluding steroid dienone is 1. The van der Waals surface area contributed by atoms with Crippen LogP contribution < -0.4 is 0 Å². The molecule has 0 heterocycles. The molecule has 0 aliphatic carbocycles. The lowest BCUT2D eigenvalue weighted by molar-refractivity contribution is 0.104. The average Bonchev–Trinajstić information content (AvgIpc) is 2.38. The van der Waals surface area contributed by atoms with Gasteiger partial charge in [0, 0.05) is 5.56 Å². The van der Waals surface area contributed by atoms with Gasteiger partial charge in [0.1, 0.15) is 5.82 Å². The molecule has 0 radical (unpaired) electrons. The lowest BCUT2D eigenvalue weighted by Crippen LogP contribution is -1.94. The van der Waals surface area contributed by atoms with Crippen molar-refractivity contribution < 1.29 is 9.18 Å². The molecule has 0 unspecified atom stereocenters. The van der Waals surface area contributed by atoms with Gasteiger partial charge in [-0.25, -0.2) is 4.39 Å². The summed E-state index contributed by atoms with van der Waals surface area (Å²) in [6, 6.07) is 12.8. The molecule has 3 heteroatoms. The summed E-state index contributed by atoms with van der Waals surface area (Å²) in [5, 5.41) is 0.422. The average molecular weight is 261 g/mol. The summed E-state index contributed by atoms with van der Waals surface area (Å²) in [4.78, 5) is 11.9. The molecule has 0 N–H and O–H groups in total. The Labute approximate surface area is 110 Å². The predicted molar refractivity (Wildman–Crippen MR) is 71.2 cm³/mol. The zero-order valence-electron chi connectivity index (χ0n) is 9.44. The highest BCUT2D eigenvalue weighted by Gasteiger charge is 2.05. The predicted octanol–water partition coefficient (Wildman–Crippen LogP) is 4.38. The fraction of sp³-hybridized carbons (Fsp3) is 0. The molecule has 90 valence electrons. The van der Waals surface area contributed by atoms with Crippen molar-refractivity contribution in [1.82, 2.24) is 0 Å². The van der Waals surface area contributed by atoms with Gasteiger partial charge in [-0.2, -0.15) is 0 Å². The summed E-state index contributed by atoms with van der Waals surface area (Å²) in [7, 11) is 0. The quantitative estimate of drug-likeness (QED) is 0.591. The van der Waals surface area contributed by atoms with Crippen LogP contribution in [0.15, 0.2) is 54.6 Å². The minimum absolute atomic E-state index is 0.176. The monoisotopic (exact) mass is 260 g/mol. The second-order valence-electron chi connectivity index (χ2n) is 3.73. The highest BCUT2D eigenvalue weighted by molar-refractivity contribution is 6.34. The zero-order chi connectivity index (χ0) is 13.0. The topological polar surface area (TPSA) is 17.1 Å². The van der Waals surface area contributed by atoms with E-state index in [0.717, 1.165) is 5.56 Å². The van der Waals surface area contributed by atoms with Gasteiger partial charge in [-0.3, -0.25) is 4.79 Å². The molecule has 0 spiro atoms. The molecule has 18 heavy (non-hydrogen) atoms. The maximum Gasteiger partial charge on any atom is 0.187 e. The number of hydrogen-bond acceptors (Lipinski definition) is 1. The van der Waals surface area contributed by atoms with Gasteiger partial charge < -0.3 is 0 Å². The van der Waals surface area contributed by atoms with Gasteiger partial charge in [0.15, 0.2) is 5.78 Å². The van der Waals surface area contributed by atoms with Gasteiger partial charge in [0.2, 0.25) is 0 Å². The second kappa shape index (κ2) is 5.61. The molecule has 0 fully saturated rings. The van der Waals surface area contributed by atoms with Crippen LogP contribution in [0.5, 0.6) is 0 Å². The lowest BCUT2D eigenvalue weighted by Gasteiger charge is -1.98. The molecule has 0 bridgehead atoms. The molecule has 0 atom stereocenters. The Kier molecular flexibility index (Phi) is 3.90. The molecule has 2 aromatic rings. The van der Waals surface area contributed by atoms with E-state index in [1.807, 2.05) is 0 Å². The SMILES string of the molecule is O=C(C=Cc1ccc(F)cc1)c1ccccc1Cl. The van der Waals surface area contributed by atoms with E-state index in [4.69, 9.17) is 11.6 Å². The van der Waals surface area contributed by atoms with Crippen LogP contribution in [-0.4, -0.2) is 5.78 Å². The molecule has 0 amide bonds. The summed E-state index contributed by atoms with van der Waals surface area (Å²) in [6.07, 6.45) is 3.06. The first-order valence-electron chi connectivity index (χ1n) is 5.39. The molecule has 0 aliphatic heterocycles. The molecular weight excluding hydrogens is 251 g/mol. The first-order valence-corrected chi connectivity index (χ1v) is 5.77. The summed E-state index contributed by atoms with van der Waals surface area (Å²) >= 11 is 5.92. The van der Waals surface area contributed by atoms with Crippen molar-refractivity contribution >= 4 is 23.5 Å². The molecule has 2 aromatic carbocycles. The number of carbonyl (C=O) groups excluding carboxylic acids is 1.